The highest BCUT2D eigenvalue weighted by atomic mass is 35.5. The van der Waals surface area contributed by atoms with Crippen molar-refractivity contribution in [3.05, 3.63) is 74.8 Å². The predicted molar refractivity (Wildman–Crippen MR) is 88.0 cm³/mol. The lowest BCUT2D eigenvalue weighted by molar-refractivity contribution is 0.102. The maximum Gasteiger partial charge on any atom is 0.189 e. The Morgan fingerprint density at radius 2 is 1.86 bits per heavy atom. The second kappa shape index (κ2) is 5.50. The molecule has 2 heteroatoms. The molecule has 0 heterocycles. The van der Waals surface area contributed by atoms with Gasteiger partial charge in [-0.2, -0.15) is 0 Å². The highest BCUT2D eigenvalue weighted by Crippen LogP contribution is 2.30. The number of halogens is 1. The summed E-state index contributed by atoms with van der Waals surface area (Å²) in [6.45, 7) is 4.12. The number of fused-ring (bicyclic) bond motifs is 1. The molecule has 3 rings (SSSR count). The van der Waals surface area contributed by atoms with Crippen LogP contribution in [0.3, 0.4) is 0 Å². The molecule has 0 saturated carbocycles. The average Bonchev–Trinajstić information content (AvgIpc) is 2.44. The fraction of sp³-hybridized carbons (Fsp3) is 0.211. The van der Waals surface area contributed by atoms with E-state index >= 15 is 0 Å². The predicted octanol–water partition coefficient (Wildman–Crippen LogP) is 5.17. The summed E-state index contributed by atoms with van der Waals surface area (Å²) in [5.41, 5.74) is 6.17. The van der Waals surface area contributed by atoms with Gasteiger partial charge in [0.05, 0.1) is 0 Å². The fourth-order valence-corrected chi connectivity index (χ4v) is 3.19. The zero-order valence-electron chi connectivity index (χ0n) is 12.2. The Balaban J connectivity index is 2.05. The lowest BCUT2D eigenvalue weighted by Gasteiger charge is -2.20. The van der Waals surface area contributed by atoms with Crippen LogP contribution in [0.15, 0.2) is 42.0 Å². The van der Waals surface area contributed by atoms with Crippen LogP contribution in [0.5, 0.6) is 0 Å². The number of hydrogen-bond donors (Lipinski definition) is 0. The van der Waals surface area contributed by atoms with Gasteiger partial charge in [0.25, 0.3) is 0 Å². The maximum atomic E-state index is 12.7. The fourth-order valence-electron chi connectivity index (χ4n) is 3.00. The molecule has 0 spiro atoms. The standard InChI is InChI=1S/C19H17ClO/c1-12-9-13(2)16-8-7-15(19(21)17(16)10-12)11-14-5-3-4-6-18(14)20/h3-6,9-11H,7-8H2,1-2H3/b15-11-. The van der Waals surface area contributed by atoms with E-state index in [-0.39, 0.29) is 5.78 Å². The van der Waals surface area contributed by atoms with E-state index < -0.39 is 0 Å². The zero-order chi connectivity index (χ0) is 15.0. The van der Waals surface area contributed by atoms with Gasteiger partial charge >= 0.3 is 0 Å². The SMILES string of the molecule is Cc1cc(C)c2c(c1)C(=O)/C(=C\c1ccccc1Cl)CC2. The number of ketones is 1. The van der Waals surface area contributed by atoms with Crippen molar-refractivity contribution in [2.45, 2.75) is 26.7 Å². The van der Waals surface area contributed by atoms with Crippen LogP contribution in [-0.2, 0) is 6.42 Å². The van der Waals surface area contributed by atoms with Gasteiger partial charge in [-0.3, -0.25) is 4.79 Å². The van der Waals surface area contributed by atoms with E-state index in [1.54, 1.807) is 0 Å². The summed E-state index contributed by atoms with van der Waals surface area (Å²) < 4.78 is 0. The topological polar surface area (TPSA) is 17.1 Å². The molecule has 106 valence electrons. The van der Waals surface area contributed by atoms with Crippen LogP contribution in [-0.4, -0.2) is 5.78 Å². The Labute approximate surface area is 130 Å². The van der Waals surface area contributed by atoms with E-state index in [0.717, 1.165) is 35.1 Å². The largest absolute Gasteiger partial charge is 0.289 e. The normalized spacial score (nSPS) is 16.1. The van der Waals surface area contributed by atoms with Gasteiger partial charge in [-0.1, -0.05) is 41.4 Å². The minimum absolute atomic E-state index is 0.142. The van der Waals surface area contributed by atoms with Crippen molar-refractivity contribution in [3.63, 3.8) is 0 Å². The molecule has 1 aliphatic rings. The van der Waals surface area contributed by atoms with E-state index in [1.165, 1.54) is 11.1 Å². The molecule has 0 unspecified atom stereocenters. The van der Waals surface area contributed by atoms with Crippen LogP contribution in [0.4, 0.5) is 0 Å². The van der Waals surface area contributed by atoms with Gasteiger partial charge in [-0.25, -0.2) is 0 Å². The third-order valence-electron chi connectivity index (χ3n) is 4.03. The molecule has 2 aromatic rings. The Bertz CT molecular complexity index is 756. The van der Waals surface area contributed by atoms with E-state index in [9.17, 15) is 4.79 Å². The first-order chi connectivity index (χ1) is 10.1. The Morgan fingerprint density at radius 3 is 2.62 bits per heavy atom. The van der Waals surface area contributed by atoms with E-state index in [2.05, 4.69) is 13.0 Å². The summed E-state index contributed by atoms with van der Waals surface area (Å²) >= 11 is 6.19. The van der Waals surface area contributed by atoms with Crippen molar-refractivity contribution in [2.24, 2.45) is 0 Å². The lowest BCUT2D eigenvalue weighted by atomic mass is 9.83. The van der Waals surface area contributed by atoms with Crippen molar-refractivity contribution in [3.8, 4) is 0 Å². The van der Waals surface area contributed by atoms with E-state index in [4.69, 9.17) is 11.6 Å². The monoisotopic (exact) mass is 296 g/mol. The number of carbonyl (C=O) groups is 1. The molecule has 0 radical (unpaired) electrons. The van der Waals surface area contributed by atoms with Crippen LogP contribution >= 0.6 is 11.6 Å². The number of hydrogen-bond acceptors (Lipinski definition) is 1. The Kier molecular flexibility index (Phi) is 3.69. The van der Waals surface area contributed by atoms with Crippen molar-refractivity contribution in [1.29, 1.82) is 0 Å². The molecule has 2 aromatic carbocycles. The highest BCUT2D eigenvalue weighted by Gasteiger charge is 2.23. The molecular formula is C19H17ClO. The van der Waals surface area contributed by atoms with Crippen LogP contribution in [0, 0.1) is 13.8 Å². The van der Waals surface area contributed by atoms with Gasteiger partial charge < -0.3 is 0 Å². The zero-order valence-corrected chi connectivity index (χ0v) is 13.0. The molecule has 0 fully saturated rings. The molecule has 21 heavy (non-hydrogen) atoms. The highest BCUT2D eigenvalue weighted by molar-refractivity contribution is 6.32. The first kappa shape index (κ1) is 14.1. The summed E-state index contributed by atoms with van der Waals surface area (Å²) in [5, 5.41) is 0.684. The van der Waals surface area contributed by atoms with Gasteiger partial charge in [-0.05, 0) is 61.6 Å². The van der Waals surface area contributed by atoms with Crippen LogP contribution < -0.4 is 0 Å². The van der Waals surface area contributed by atoms with Crippen molar-refractivity contribution >= 4 is 23.5 Å². The molecule has 0 aliphatic heterocycles. The van der Waals surface area contributed by atoms with Gasteiger partial charge in [0.1, 0.15) is 0 Å². The summed E-state index contributed by atoms with van der Waals surface area (Å²) in [5.74, 6) is 0.142. The van der Waals surface area contributed by atoms with Crippen molar-refractivity contribution in [1.82, 2.24) is 0 Å². The number of rotatable bonds is 1. The number of Topliss-reactive ketones (excluding diaryl/α,β-unsaturated/α-hetero) is 1. The first-order valence-corrected chi connectivity index (χ1v) is 7.54. The summed E-state index contributed by atoms with van der Waals surface area (Å²) in [6.07, 6.45) is 3.63. The number of aryl methyl sites for hydroxylation is 2. The van der Waals surface area contributed by atoms with Crippen molar-refractivity contribution < 1.29 is 4.79 Å². The smallest absolute Gasteiger partial charge is 0.189 e. The second-order valence-electron chi connectivity index (χ2n) is 5.63. The molecule has 0 saturated heterocycles. The van der Waals surface area contributed by atoms with Gasteiger partial charge in [0, 0.05) is 16.2 Å². The van der Waals surface area contributed by atoms with Gasteiger partial charge in [0.15, 0.2) is 5.78 Å². The molecule has 0 amide bonds. The van der Waals surface area contributed by atoms with E-state index in [1.807, 2.05) is 43.3 Å². The molecule has 0 N–H and O–H groups in total. The van der Waals surface area contributed by atoms with E-state index in [0.29, 0.717) is 5.02 Å². The van der Waals surface area contributed by atoms with Crippen LogP contribution in [0.25, 0.3) is 6.08 Å². The molecule has 0 atom stereocenters. The summed E-state index contributed by atoms with van der Waals surface area (Å²) in [6, 6.07) is 11.8. The second-order valence-corrected chi connectivity index (χ2v) is 6.04. The van der Waals surface area contributed by atoms with Crippen LogP contribution in [0.2, 0.25) is 5.02 Å². The molecule has 1 aliphatic carbocycles. The average molecular weight is 297 g/mol. The number of carbonyl (C=O) groups excluding carboxylic acids is 1. The number of benzene rings is 2. The molecule has 0 aromatic heterocycles. The molecule has 1 nitrogen and oxygen atoms in total. The summed E-state index contributed by atoms with van der Waals surface area (Å²) in [7, 11) is 0. The Hall–Kier alpha value is -1.86. The van der Waals surface area contributed by atoms with Crippen LogP contribution in [0.1, 0.15) is 39.0 Å². The quantitative estimate of drug-likeness (QED) is 0.664. The van der Waals surface area contributed by atoms with Crippen molar-refractivity contribution in [2.75, 3.05) is 0 Å². The minimum Gasteiger partial charge on any atom is -0.289 e. The van der Waals surface area contributed by atoms with Gasteiger partial charge in [0.2, 0.25) is 0 Å². The third-order valence-corrected chi connectivity index (χ3v) is 4.38. The molecule has 0 bridgehead atoms. The lowest BCUT2D eigenvalue weighted by Crippen LogP contribution is -2.15. The summed E-state index contributed by atoms with van der Waals surface area (Å²) in [4.78, 5) is 12.7. The first-order valence-electron chi connectivity index (χ1n) is 7.16. The molecular weight excluding hydrogens is 280 g/mol. The maximum absolute atomic E-state index is 12.7. The van der Waals surface area contributed by atoms with Gasteiger partial charge in [-0.15, -0.1) is 0 Å². The Morgan fingerprint density at radius 1 is 1.10 bits per heavy atom. The number of allylic oxidation sites excluding steroid dienone is 1. The third kappa shape index (κ3) is 2.66. The minimum atomic E-state index is 0.142.